The molecule has 15 heavy (non-hydrogen) atoms. The molecule has 0 aromatic rings. The van der Waals surface area contributed by atoms with E-state index in [1.165, 1.54) is 0 Å². The molecule has 0 aliphatic rings. The van der Waals surface area contributed by atoms with Gasteiger partial charge in [-0.25, -0.2) is 0 Å². The fraction of sp³-hybridized carbons (Fsp3) is 0.909. The fourth-order valence-electron chi connectivity index (χ4n) is 1.32. The average Bonchev–Trinajstić information content (AvgIpc) is 2.20. The molecule has 1 N–H and O–H groups in total. The Morgan fingerprint density at radius 2 is 2.13 bits per heavy atom. The summed E-state index contributed by atoms with van der Waals surface area (Å²) in [4.78, 5) is 2.20. The molecule has 0 heterocycles. The van der Waals surface area contributed by atoms with Crippen molar-refractivity contribution in [1.29, 1.82) is 0 Å². The molecule has 0 aliphatic heterocycles. The molecule has 0 aromatic carbocycles. The number of thiocarbonyl (C=S) groups is 1. The number of hydrogen-bond donors (Lipinski definition) is 1. The standard InChI is InChI=1S/C11H24N2OS/c1-5-13(9-10(2)3)11(15)12-7-6-8-14-4/h10H,5-9H2,1-4H3,(H,12,15). The summed E-state index contributed by atoms with van der Waals surface area (Å²) in [6.07, 6.45) is 0.996. The molecular weight excluding hydrogens is 208 g/mol. The molecule has 0 radical (unpaired) electrons. The molecule has 0 atom stereocenters. The zero-order valence-corrected chi connectivity index (χ0v) is 11.2. The predicted molar refractivity (Wildman–Crippen MR) is 69.2 cm³/mol. The van der Waals surface area contributed by atoms with E-state index in [1.807, 2.05) is 0 Å². The summed E-state index contributed by atoms with van der Waals surface area (Å²) in [7, 11) is 1.72. The van der Waals surface area contributed by atoms with Gasteiger partial charge in [0.2, 0.25) is 0 Å². The molecule has 0 bridgehead atoms. The highest BCUT2D eigenvalue weighted by Gasteiger charge is 2.08. The normalized spacial score (nSPS) is 10.5. The van der Waals surface area contributed by atoms with E-state index in [0.717, 1.165) is 37.8 Å². The number of nitrogens with one attached hydrogen (secondary N) is 1. The summed E-state index contributed by atoms with van der Waals surface area (Å²) >= 11 is 5.32. The molecule has 0 spiro atoms. The van der Waals surface area contributed by atoms with Gasteiger partial charge in [-0.15, -0.1) is 0 Å². The van der Waals surface area contributed by atoms with Gasteiger partial charge in [-0.1, -0.05) is 13.8 Å². The van der Waals surface area contributed by atoms with Gasteiger partial charge in [-0.2, -0.15) is 0 Å². The zero-order valence-electron chi connectivity index (χ0n) is 10.4. The minimum absolute atomic E-state index is 0.642. The quantitative estimate of drug-likeness (QED) is 0.535. The van der Waals surface area contributed by atoms with E-state index in [0.29, 0.717) is 5.92 Å². The van der Waals surface area contributed by atoms with Gasteiger partial charge < -0.3 is 15.0 Å². The third kappa shape index (κ3) is 7.56. The summed E-state index contributed by atoms with van der Waals surface area (Å²) < 4.78 is 4.98. The maximum atomic E-state index is 5.32. The van der Waals surface area contributed by atoms with Crippen LogP contribution in [-0.4, -0.2) is 43.4 Å². The first-order valence-corrected chi connectivity index (χ1v) is 6.04. The van der Waals surface area contributed by atoms with Crippen LogP contribution in [0.1, 0.15) is 27.2 Å². The first kappa shape index (κ1) is 14.6. The van der Waals surface area contributed by atoms with Crippen molar-refractivity contribution in [2.24, 2.45) is 5.92 Å². The van der Waals surface area contributed by atoms with Crippen LogP contribution in [0.2, 0.25) is 0 Å². The molecule has 0 saturated heterocycles. The maximum Gasteiger partial charge on any atom is 0.168 e. The van der Waals surface area contributed by atoms with Crippen LogP contribution in [0, 0.1) is 5.92 Å². The minimum atomic E-state index is 0.642. The average molecular weight is 232 g/mol. The lowest BCUT2D eigenvalue weighted by molar-refractivity contribution is 0.195. The van der Waals surface area contributed by atoms with Gasteiger partial charge in [0.1, 0.15) is 0 Å². The van der Waals surface area contributed by atoms with Crippen LogP contribution in [0.4, 0.5) is 0 Å². The topological polar surface area (TPSA) is 24.5 Å². The van der Waals surface area contributed by atoms with Crippen molar-refractivity contribution in [1.82, 2.24) is 10.2 Å². The Morgan fingerprint density at radius 1 is 1.47 bits per heavy atom. The van der Waals surface area contributed by atoms with E-state index in [-0.39, 0.29) is 0 Å². The van der Waals surface area contributed by atoms with Crippen LogP contribution in [-0.2, 0) is 4.74 Å². The molecule has 90 valence electrons. The van der Waals surface area contributed by atoms with Crippen LogP contribution in [0.5, 0.6) is 0 Å². The summed E-state index contributed by atoms with van der Waals surface area (Å²) in [5, 5.41) is 4.11. The number of ether oxygens (including phenoxy) is 1. The van der Waals surface area contributed by atoms with Crippen molar-refractivity contribution in [3.05, 3.63) is 0 Å². The Kier molecular flexibility index (Phi) is 8.71. The molecule has 0 aliphatic carbocycles. The van der Waals surface area contributed by atoms with Gasteiger partial charge in [-0.05, 0) is 31.5 Å². The van der Waals surface area contributed by atoms with Crippen molar-refractivity contribution in [3.63, 3.8) is 0 Å². The Morgan fingerprint density at radius 3 is 2.60 bits per heavy atom. The SMILES string of the molecule is CCN(CC(C)C)C(=S)NCCCOC. The molecule has 0 unspecified atom stereocenters. The predicted octanol–water partition coefficient (Wildman–Crippen LogP) is 1.88. The summed E-state index contributed by atoms with van der Waals surface area (Å²) in [5.41, 5.74) is 0. The zero-order chi connectivity index (χ0) is 11.7. The van der Waals surface area contributed by atoms with Crippen molar-refractivity contribution in [2.45, 2.75) is 27.2 Å². The second kappa shape index (κ2) is 8.92. The van der Waals surface area contributed by atoms with Gasteiger partial charge in [0.15, 0.2) is 5.11 Å². The van der Waals surface area contributed by atoms with Crippen LogP contribution in [0.15, 0.2) is 0 Å². The molecule has 0 fully saturated rings. The van der Waals surface area contributed by atoms with E-state index in [9.17, 15) is 0 Å². The van der Waals surface area contributed by atoms with Gasteiger partial charge in [0.25, 0.3) is 0 Å². The third-order valence-electron chi connectivity index (χ3n) is 2.06. The van der Waals surface area contributed by atoms with E-state index < -0.39 is 0 Å². The number of hydrogen-bond acceptors (Lipinski definition) is 2. The van der Waals surface area contributed by atoms with Crippen molar-refractivity contribution >= 4 is 17.3 Å². The van der Waals surface area contributed by atoms with Crippen molar-refractivity contribution in [2.75, 3.05) is 33.4 Å². The van der Waals surface area contributed by atoms with Crippen LogP contribution >= 0.6 is 12.2 Å². The van der Waals surface area contributed by atoms with E-state index in [4.69, 9.17) is 17.0 Å². The molecule has 3 nitrogen and oxygen atoms in total. The molecular formula is C11H24N2OS. The fourth-order valence-corrected chi connectivity index (χ4v) is 1.63. The van der Waals surface area contributed by atoms with Gasteiger partial charge in [-0.3, -0.25) is 0 Å². The molecule has 0 aromatic heterocycles. The molecule has 0 saturated carbocycles. The molecule has 0 rings (SSSR count). The van der Waals surface area contributed by atoms with E-state index in [2.05, 4.69) is 31.0 Å². The Hall–Kier alpha value is -0.350. The first-order valence-electron chi connectivity index (χ1n) is 5.63. The Balaban J connectivity index is 3.73. The Bertz CT molecular complexity index is 174. The van der Waals surface area contributed by atoms with Crippen molar-refractivity contribution in [3.8, 4) is 0 Å². The highest BCUT2D eigenvalue weighted by Crippen LogP contribution is 1.98. The second-order valence-electron chi connectivity index (χ2n) is 4.01. The van der Waals surface area contributed by atoms with Crippen LogP contribution in [0.25, 0.3) is 0 Å². The van der Waals surface area contributed by atoms with Crippen molar-refractivity contribution < 1.29 is 4.74 Å². The van der Waals surface area contributed by atoms with Crippen LogP contribution < -0.4 is 5.32 Å². The summed E-state index contributed by atoms with van der Waals surface area (Å²) in [5.74, 6) is 0.642. The minimum Gasteiger partial charge on any atom is -0.385 e. The summed E-state index contributed by atoms with van der Waals surface area (Å²) in [6.45, 7) is 10.2. The smallest absolute Gasteiger partial charge is 0.168 e. The lowest BCUT2D eigenvalue weighted by atomic mass is 10.2. The number of methoxy groups -OCH3 is 1. The highest BCUT2D eigenvalue weighted by atomic mass is 32.1. The van der Waals surface area contributed by atoms with E-state index in [1.54, 1.807) is 7.11 Å². The molecule has 4 heteroatoms. The molecule has 0 amide bonds. The van der Waals surface area contributed by atoms with Gasteiger partial charge in [0.05, 0.1) is 0 Å². The van der Waals surface area contributed by atoms with Gasteiger partial charge >= 0.3 is 0 Å². The summed E-state index contributed by atoms with van der Waals surface area (Å²) in [6, 6.07) is 0. The number of rotatable bonds is 7. The monoisotopic (exact) mass is 232 g/mol. The lowest BCUT2D eigenvalue weighted by Gasteiger charge is -2.26. The first-order chi connectivity index (χ1) is 7.11. The lowest BCUT2D eigenvalue weighted by Crippen LogP contribution is -2.42. The third-order valence-corrected chi connectivity index (χ3v) is 2.46. The van der Waals surface area contributed by atoms with Crippen LogP contribution in [0.3, 0.4) is 0 Å². The highest BCUT2D eigenvalue weighted by molar-refractivity contribution is 7.80. The second-order valence-corrected chi connectivity index (χ2v) is 4.40. The van der Waals surface area contributed by atoms with Gasteiger partial charge in [0, 0.05) is 33.4 Å². The largest absolute Gasteiger partial charge is 0.385 e. The maximum absolute atomic E-state index is 5.32. The number of nitrogens with zero attached hydrogens (tertiary/aromatic N) is 1. The Labute approximate surface area is 99.2 Å². The van der Waals surface area contributed by atoms with E-state index >= 15 is 0 Å².